The number of hydrogen-bond acceptors (Lipinski definition) is 1. The van der Waals surface area contributed by atoms with Gasteiger partial charge in [0.15, 0.2) is 0 Å². The second-order valence-electron chi connectivity index (χ2n) is 2.58. The van der Waals surface area contributed by atoms with Crippen LogP contribution in [0.2, 0.25) is 0 Å². The molecule has 104 valence electrons. The van der Waals surface area contributed by atoms with Gasteiger partial charge in [0.2, 0.25) is 23.3 Å². The Bertz CT molecular complexity index is 371. The minimum Gasteiger partial charge on any atom is -0.283 e. The first kappa shape index (κ1) is 16.4. The number of alkyl halides is 6. The fourth-order valence-corrected chi connectivity index (χ4v) is 0.545. The van der Waals surface area contributed by atoms with Gasteiger partial charge in [0.05, 0.1) is 0 Å². The molecule has 18 heavy (non-hydrogen) atoms. The van der Waals surface area contributed by atoms with Crippen LogP contribution in [-0.4, -0.2) is 18.1 Å². The molecular weight excluding hydrogens is 290 g/mol. The Kier molecular flexibility index (Phi) is 4.55. The number of hydrogen-bond donors (Lipinski definition) is 0. The molecule has 0 amide bonds. The van der Waals surface area contributed by atoms with E-state index in [0.29, 0.717) is 0 Å². The molecule has 0 saturated carbocycles. The van der Waals surface area contributed by atoms with Crippen LogP contribution in [-0.2, 0) is 4.79 Å². The fraction of sp³-hybridized carbons (Fsp3) is 0.286. The van der Waals surface area contributed by atoms with Crippen molar-refractivity contribution in [3.8, 4) is 0 Å². The number of Topliss-reactive ketones (excluding diaryl/α,β-unsaturated/α-hetero) is 1. The molecule has 0 aliphatic carbocycles. The molecule has 0 aromatic heterocycles. The van der Waals surface area contributed by atoms with Crippen molar-refractivity contribution in [1.29, 1.82) is 0 Å². The molecule has 0 saturated heterocycles. The summed E-state index contributed by atoms with van der Waals surface area (Å²) in [5, 5.41) is 0. The zero-order valence-corrected chi connectivity index (χ0v) is 7.69. The molecule has 0 radical (unpaired) electrons. The van der Waals surface area contributed by atoms with Crippen molar-refractivity contribution in [1.82, 2.24) is 0 Å². The average molecular weight is 290 g/mol. The Morgan fingerprint density at radius 1 is 0.611 bits per heavy atom. The highest BCUT2D eigenvalue weighted by atomic mass is 19.4. The number of carbonyl (C=O) groups excluding carboxylic acids is 1. The lowest BCUT2D eigenvalue weighted by molar-refractivity contribution is -0.125. The Morgan fingerprint density at radius 2 is 0.833 bits per heavy atom. The van der Waals surface area contributed by atoms with Gasteiger partial charge in [0, 0.05) is 0 Å². The first-order valence-electron chi connectivity index (χ1n) is 3.59. The van der Waals surface area contributed by atoms with E-state index in [-0.39, 0.29) is 0 Å². The highest BCUT2D eigenvalue weighted by Crippen LogP contribution is 2.34. The van der Waals surface area contributed by atoms with Crippen molar-refractivity contribution in [2.75, 3.05) is 0 Å². The predicted molar refractivity (Wildman–Crippen MR) is 35.6 cm³/mol. The summed E-state index contributed by atoms with van der Waals surface area (Å²) in [7, 11) is 0. The number of allylic oxidation sites excluding steroid dienone is 4. The van der Waals surface area contributed by atoms with Crippen LogP contribution < -0.4 is 0 Å². The predicted octanol–water partition coefficient (Wildman–Crippen LogP) is 3.98. The first-order valence-corrected chi connectivity index (χ1v) is 3.59. The van der Waals surface area contributed by atoms with E-state index in [0.717, 1.165) is 0 Å². The maximum Gasteiger partial charge on any atom is 0.446 e. The number of ketones is 1. The van der Waals surface area contributed by atoms with E-state index >= 15 is 0 Å². The first-order chi connectivity index (χ1) is 7.80. The summed E-state index contributed by atoms with van der Waals surface area (Å²) >= 11 is 0. The number of carbonyl (C=O) groups is 1. The lowest BCUT2D eigenvalue weighted by atomic mass is 10.2. The molecule has 0 heterocycles. The highest BCUT2D eigenvalue weighted by molar-refractivity contribution is 6.05. The highest BCUT2D eigenvalue weighted by Gasteiger charge is 2.44. The minimum atomic E-state index is -6.06. The third-order valence-corrected chi connectivity index (χ3v) is 1.28. The zero-order valence-electron chi connectivity index (χ0n) is 7.69. The molecule has 0 atom stereocenters. The summed E-state index contributed by atoms with van der Waals surface area (Å²) in [6.45, 7) is 0. The summed E-state index contributed by atoms with van der Waals surface area (Å²) in [6, 6.07) is 0. The summed E-state index contributed by atoms with van der Waals surface area (Å²) in [6.07, 6.45) is -12.1. The van der Waals surface area contributed by atoms with Gasteiger partial charge in [-0.25, -0.2) is 0 Å². The van der Waals surface area contributed by atoms with E-state index < -0.39 is 41.4 Å². The average Bonchev–Trinajstić information content (AvgIpc) is 2.21. The molecule has 0 unspecified atom stereocenters. The van der Waals surface area contributed by atoms with Gasteiger partial charge >= 0.3 is 12.4 Å². The van der Waals surface area contributed by atoms with Crippen molar-refractivity contribution < 1.29 is 48.7 Å². The maximum absolute atomic E-state index is 12.3. The molecular formula is C7F10O. The fourth-order valence-electron chi connectivity index (χ4n) is 0.545. The lowest BCUT2D eigenvalue weighted by Crippen LogP contribution is -2.17. The van der Waals surface area contributed by atoms with E-state index in [9.17, 15) is 48.7 Å². The van der Waals surface area contributed by atoms with Gasteiger partial charge in [0.1, 0.15) is 0 Å². The largest absolute Gasteiger partial charge is 0.446 e. The second-order valence-corrected chi connectivity index (χ2v) is 2.58. The van der Waals surface area contributed by atoms with E-state index in [1.54, 1.807) is 0 Å². The quantitative estimate of drug-likeness (QED) is 0.555. The van der Waals surface area contributed by atoms with E-state index in [1.165, 1.54) is 0 Å². The van der Waals surface area contributed by atoms with Gasteiger partial charge in [-0.15, -0.1) is 0 Å². The summed E-state index contributed by atoms with van der Waals surface area (Å²) in [4.78, 5) is 10.3. The van der Waals surface area contributed by atoms with Crippen LogP contribution >= 0.6 is 0 Å². The van der Waals surface area contributed by atoms with Crippen LogP contribution in [0.4, 0.5) is 43.9 Å². The Balaban J connectivity index is 5.60. The normalized spacial score (nSPS) is 16.1. The topological polar surface area (TPSA) is 17.1 Å². The molecule has 0 rings (SSSR count). The lowest BCUT2D eigenvalue weighted by Gasteiger charge is -2.05. The van der Waals surface area contributed by atoms with Crippen LogP contribution in [0.15, 0.2) is 23.3 Å². The van der Waals surface area contributed by atoms with Gasteiger partial charge in [-0.1, -0.05) is 0 Å². The molecule has 0 aromatic carbocycles. The summed E-state index contributed by atoms with van der Waals surface area (Å²) < 4.78 is 118. The second kappa shape index (κ2) is 4.98. The van der Waals surface area contributed by atoms with Crippen LogP contribution in [0, 0.1) is 0 Å². The van der Waals surface area contributed by atoms with E-state index in [1.807, 2.05) is 0 Å². The third kappa shape index (κ3) is 3.74. The number of rotatable bonds is 2. The smallest absolute Gasteiger partial charge is 0.283 e. The minimum absolute atomic E-state index is 3.33. The molecule has 0 aromatic rings. The molecule has 0 aliphatic rings. The van der Waals surface area contributed by atoms with Crippen molar-refractivity contribution in [2.24, 2.45) is 0 Å². The van der Waals surface area contributed by atoms with Gasteiger partial charge in [0.25, 0.3) is 5.78 Å². The molecule has 1 nitrogen and oxygen atoms in total. The molecule has 11 heteroatoms. The molecule has 0 fully saturated rings. The monoisotopic (exact) mass is 290 g/mol. The van der Waals surface area contributed by atoms with Crippen LogP contribution in [0.25, 0.3) is 0 Å². The number of halogens is 10. The SMILES string of the molecule is O=C(C(F)=C(F)C(F)(F)F)C(F)=C(F)C(F)(F)F. The Labute approximate surface area is 91.4 Å². The van der Waals surface area contributed by atoms with Crippen LogP contribution in [0.5, 0.6) is 0 Å². The molecule has 0 aliphatic heterocycles. The third-order valence-electron chi connectivity index (χ3n) is 1.28. The van der Waals surface area contributed by atoms with Crippen molar-refractivity contribution in [3.05, 3.63) is 23.3 Å². The van der Waals surface area contributed by atoms with Crippen molar-refractivity contribution >= 4 is 5.78 Å². The van der Waals surface area contributed by atoms with Gasteiger partial charge in [-0.2, -0.15) is 43.9 Å². The van der Waals surface area contributed by atoms with Gasteiger partial charge in [-0.05, 0) is 0 Å². The summed E-state index contributed by atoms with van der Waals surface area (Å²) in [5.41, 5.74) is 0. The molecule has 0 bridgehead atoms. The van der Waals surface area contributed by atoms with Gasteiger partial charge < -0.3 is 0 Å². The standard InChI is InChI=1S/C7F10O/c8-1(4(10)6(12,13)14)3(18)2(9)5(11)7(15,16)17. The molecule has 0 spiro atoms. The van der Waals surface area contributed by atoms with Gasteiger partial charge in [-0.3, -0.25) is 4.79 Å². The zero-order chi connectivity index (χ0) is 14.9. The van der Waals surface area contributed by atoms with E-state index in [4.69, 9.17) is 0 Å². The van der Waals surface area contributed by atoms with Crippen LogP contribution in [0.1, 0.15) is 0 Å². The van der Waals surface area contributed by atoms with Crippen LogP contribution in [0.3, 0.4) is 0 Å². The van der Waals surface area contributed by atoms with Crippen molar-refractivity contribution in [3.63, 3.8) is 0 Å². The van der Waals surface area contributed by atoms with E-state index in [2.05, 4.69) is 0 Å². The van der Waals surface area contributed by atoms with Crippen molar-refractivity contribution in [2.45, 2.75) is 12.4 Å². The Morgan fingerprint density at radius 3 is 1.00 bits per heavy atom. The summed E-state index contributed by atoms with van der Waals surface area (Å²) in [5.74, 6) is -17.9. The Hall–Kier alpha value is -1.55. The molecule has 0 N–H and O–H groups in total. The maximum atomic E-state index is 12.3.